The first-order valence-electron chi connectivity index (χ1n) is 7.63. The van der Waals surface area contributed by atoms with E-state index in [9.17, 15) is 23.1 Å². The van der Waals surface area contributed by atoms with Crippen LogP contribution < -0.4 is 10.3 Å². The number of nitrogens with zero attached hydrogens (tertiary/aromatic N) is 1. The Morgan fingerprint density at radius 3 is 2.39 bits per heavy atom. The molecule has 0 aliphatic rings. The molecule has 28 heavy (non-hydrogen) atoms. The molecule has 1 heterocycles. The minimum Gasteiger partial charge on any atom is -0.501 e. The number of para-hydroxylation sites is 1. The maximum Gasteiger partial charge on any atom is 0.358 e. The van der Waals surface area contributed by atoms with Crippen LogP contribution >= 0.6 is 15.9 Å². The second-order valence-corrected chi connectivity index (χ2v) is 8.12. The molecule has 0 radical (unpaired) electrons. The highest BCUT2D eigenvalue weighted by Gasteiger charge is 2.21. The molecule has 0 aliphatic carbocycles. The van der Waals surface area contributed by atoms with Crippen molar-refractivity contribution in [3.63, 3.8) is 0 Å². The van der Waals surface area contributed by atoms with E-state index in [1.54, 1.807) is 24.3 Å². The zero-order valence-corrected chi connectivity index (χ0v) is 16.3. The van der Waals surface area contributed by atoms with Crippen molar-refractivity contribution < 1.29 is 23.4 Å². The number of halogens is 1. The van der Waals surface area contributed by atoms with Crippen LogP contribution in [0.1, 0.15) is 10.5 Å². The summed E-state index contributed by atoms with van der Waals surface area (Å²) in [5, 5.41) is 18.7. The number of H-pyrrole nitrogens is 1. The highest BCUT2D eigenvalue weighted by Crippen LogP contribution is 2.28. The van der Waals surface area contributed by atoms with E-state index >= 15 is 0 Å². The van der Waals surface area contributed by atoms with Crippen molar-refractivity contribution in [2.45, 2.75) is 4.90 Å². The number of carboxylic acid groups (broad SMARTS) is 1. The fourth-order valence-electron chi connectivity index (χ4n) is 2.34. The Labute approximate surface area is 166 Å². The van der Waals surface area contributed by atoms with Crippen LogP contribution in [0.25, 0.3) is 11.4 Å². The van der Waals surface area contributed by atoms with E-state index in [2.05, 4.69) is 30.6 Å². The zero-order valence-electron chi connectivity index (χ0n) is 13.9. The molecule has 144 valence electrons. The number of nitrogens with one attached hydrogen (secondary N) is 2. The molecule has 0 saturated heterocycles. The first kappa shape index (κ1) is 19.6. The molecular formula is C17H12BrN3O6S. The Morgan fingerprint density at radius 2 is 1.75 bits per heavy atom. The van der Waals surface area contributed by atoms with Crippen molar-refractivity contribution in [2.75, 3.05) is 4.72 Å². The summed E-state index contributed by atoms with van der Waals surface area (Å²) in [7, 11) is -3.96. The van der Waals surface area contributed by atoms with Gasteiger partial charge in [0.05, 0.1) is 10.6 Å². The lowest BCUT2D eigenvalue weighted by Gasteiger charge is -2.13. The summed E-state index contributed by atoms with van der Waals surface area (Å²) in [5.41, 5.74) is -1.71. The molecule has 3 aromatic rings. The predicted octanol–water partition coefficient (Wildman–Crippen LogP) is 2.40. The number of aromatic carboxylic acids is 1. The molecular weight excluding hydrogens is 454 g/mol. The SMILES string of the molecule is O=C(O)c1nc(-c2ccccc2NS(=O)(=O)c2ccc(Br)cc2)[nH]c(=O)c1O. The number of rotatable bonds is 5. The van der Waals surface area contributed by atoms with Gasteiger partial charge in [-0.2, -0.15) is 0 Å². The Morgan fingerprint density at radius 1 is 1.11 bits per heavy atom. The van der Waals surface area contributed by atoms with Gasteiger partial charge in [-0.25, -0.2) is 18.2 Å². The predicted molar refractivity (Wildman–Crippen MR) is 104 cm³/mol. The topological polar surface area (TPSA) is 149 Å². The first-order chi connectivity index (χ1) is 13.2. The molecule has 1 aromatic heterocycles. The lowest BCUT2D eigenvalue weighted by Crippen LogP contribution is -2.17. The van der Waals surface area contributed by atoms with Gasteiger partial charge in [0, 0.05) is 10.0 Å². The van der Waals surface area contributed by atoms with Gasteiger partial charge in [0.25, 0.3) is 15.6 Å². The van der Waals surface area contributed by atoms with Crippen molar-refractivity contribution in [1.29, 1.82) is 0 Å². The molecule has 0 amide bonds. The Bertz CT molecular complexity index is 1220. The maximum absolute atomic E-state index is 12.6. The number of sulfonamides is 1. The minimum absolute atomic E-state index is 0.00360. The van der Waals surface area contributed by atoms with Crippen molar-refractivity contribution >= 4 is 37.6 Å². The van der Waals surface area contributed by atoms with Crippen molar-refractivity contribution in [2.24, 2.45) is 0 Å². The molecule has 0 spiro atoms. The van der Waals surface area contributed by atoms with E-state index < -0.39 is 33.0 Å². The lowest BCUT2D eigenvalue weighted by atomic mass is 10.1. The molecule has 0 aliphatic heterocycles. The van der Waals surface area contributed by atoms with Gasteiger partial charge < -0.3 is 15.2 Å². The molecule has 0 atom stereocenters. The number of aromatic amines is 1. The monoisotopic (exact) mass is 465 g/mol. The molecule has 0 bridgehead atoms. The van der Waals surface area contributed by atoms with Crippen molar-refractivity contribution in [3.8, 4) is 17.1 Å². The van der Waals surface area contributed by atoms with Crippen LogP contribution in [0, 0.1) is 0 Å². The molecule has 9 nitrogen and oxygen atoms in total. The second-order valence-electron chi connectivity index (χ2n) is 5.52. The van der Waals surface area contributed by atoms with Gasteiger partial charge in [0.2, 0.25) is 5.75 Å². The number of aromatic nitrogens is 2. The molecule has 0 saturated carbocycles. The van der Waals surface area contributed by atoms with Gasteiger partial charge in [-0.05, 0) is 36.4 Å². The van der Waals surface area contributed by atoms with Crippen LogP contribution in [-0.4, -0.2) is 34.6 Å². The van der Waals surface area contributed by atoms with E-state index in [0.29, 0.717) is 4.47 Å². The number of carbonyl (C=O) groups is 1. The van der Waals surface area contributed by atoms with Crippen LogP contribution in [-0.2, 0) is 10.0 Å². The normalized spacial score (nSPS) is 11.2. The summed E-state index contributed by atoms with van der Waals surface area (Å²) in [4.78, 5) is 29.0. The van der Waals surface area contributed by atoms with Gasteiger partial charge in [0.15, 0.2) is 5.69 Å². The van der Waals surface area contributed by atoms with E-state index in [-0.39, 0.29) is 22.0 Å². The summed E-state index contributed by atoms with van der Waals surface area (Å²) < 4.78 is 28.4. The van der Waals surface area contributed by atoms with Gasteiger partial charge in [-0.3, -0.25) is 9.52 Å². The standard InChI is InChI=1S/C17H12BrN3O6S/c18-9-5-7-10(8-6-9)28(26,27)21-12-4-2-1-3-11(12)15-19-13(17(24)25)14(22)16(23)20-15/h1-8,21-22H,(H,24,25)(H,19,20,23). The molecule has 11 heteroatoms. The van der Waals surface area contributed by atoms with Crippen LogP contribution in [0.2, 0.25) is 0 Å². The third-order valence-corrected chi connectivity index (χ3v) is 5.56. The summed E-state index contributed by atoms with van der Waals surface area (Å²) in [6.45, 7) is 0. The molecule has 0 unspecified atom stereocenters. The van der Waals surface area contributed by atoms with Gasteiger partial charge in [0.1, 0.15) is 5.82 Å². The first-order valence-corrected chi connectivity index (χ1v) is 9.91. The largest absolute Gasteiger partial charge is 0.501 e. The lowest BCUT2D eigenvalue weighted by molar-refractivity contribution is 0.0686. The second kappa shape index (κ2) is 7.44. The average molecular weight is 466 g/mol. The highest BCUT2D eigenvalue weighted by atomic mass is 79.9. The summed E-state index contributed by atoms with van der Waals surface area (Å²) in [6, 6.07) is 11.9. The Hall–Kier alpha value is -3.18. The van der Waals surface area contributed by atoms with Crippen LogP contribution in [0.5, 0.6) is 5.75 Å². The Kier molecular flexibility index (Phi) is 5.21. The van der Waals surface area contributed by atoms with E-state index in [1.165, 1.54) is 24.3 Å². The fourth-order valence-corrected chi connectivity index (χ4v) is 3.68. The minimum atomic E-state index is -3.96. The summed E-state index contributed by atoms with van der Waals surface area (Å²) in [6.07, 6.45) is 0. The van der Waals surface area contributed by atoms with Crippen LogP contribution in [0.15, 0.2) is 62.7 Å². The number of hydrogen-bond donors (Lipinski definition) is 4. The number of carboxylic acids is 1. The molecule has 2 aromatic carbocycles. The zero-order chi connectivity index (χ0) is 20.5. The van der Waals surface area contributed by atoms with Gasteiger partial charge in [-0.1, -0.05) is 28.1 Å². The molecule has 0 fully saturated rings. The van der Waals surface area contributed by atoms with Crippen LogP contribution in [0.4, 0.5) is 5.69 Å². The van der Waals surface area contributed by atoms with E-state index in [4.69, 9.17) is 5.11 Å². The summed E-state index contributed by atoms with van der Waals surface area (Å²) in [5.74, 6) is -2.85. The van der Waals surface area contributed by atoms with Crippen LogP contribution in [0.3, 0.4) is 0 Å². The number of anilines is 1. The number of aromatic hydroxyl groups is 1. The molecule has 4 N–H and O–H groups in total. The number of benzene rings is 2. The van der Waals surface area contributed by atoms with Gasteiger partial charge in [-0.15, -0.1) is 0 Å². The van der Waals surface area contributed by atoms with E-state index in [1.807, 2.05) is 0 Å². The smallest absolute Gasteiger partial charge is 0.358 e. The van der Waals surface area contributed by atoms with Gasteiger partial charge >= 0.3 is 5.97 Å². The Balaban J connectivity index is 2.09. The maximum atomic E-state index is 12.6. The third kappa shape index (κ3) is 3.89. The van der Waals surface area contributed by atoms with E-state index in [0.717, 1.165) is 0 Å². The third-order valence-electron chi connectivity index (χ3n) is 3.65. The van der Waals surface area contributed by atoms with Crippen molar-refractivity contribution in [1.82, 2.24) is 9.97 Å². The molecule has 3 rings (SSSR count). The fraction of sp³-hybridized carbons (Fsp3) is 0. The number of hydrogen-bond acceptors (Lipinski definition) is 6. The average Bonchev–Trinajstić information content (AvgIpc) is 2.64. The highest BCUT2D eigenvalue weighted by molar-refractivity contribution is 9.10. The summed E-state index contributed by atoms with van der Waals surface area (Å²) >= 11 is 3.23. The van der Waals surface area contributed by atoms with Crippen molar-refractivity contribution in [3.05, 3.63) is 69.1 Å². The quantitative estimate of drug-likeness (QED) is 0.451.